The van der Waals surface area contributed by atoms with Gasteiger partial charge in [0, 0.05) is 21.9 Å². The highest BCUT2D eigenvalue weighted by Gasteiger charge is 2.29. The lowest BCUT2D eigenvalue weighted by Gasteiger charge is -2.12. The molecule has 0 aliphatic heterocycles. The maximum atomic E-state index is 6.87. The molecule has 0 fully saturated rings. The van der Waals surface area contributed by atoms with E-state index in [1.54, 1.807) is 0 Å². The average molecular weight is 472 g/mol. The Morgan fingerprint density at radius 3 is 1.92 bits per heavy atom. The highest BCUT2D eigenvalue weighted by Crippen LogP contribution is 2.53. The van der Waals surface area contributed by atoms with Crippen molar-refractivity contribution in [2.75, 3.05) is 0 Å². The molecule has 5 aromatic carbocycles. The van der Waals surface area contributed by atoms with Crippen LogP contribution >= 0.6 is 0 Å². The van der Waals surface area contributed by atoms with Crippen molar-refractivity contribution < 1.29 is 4.42 Å². The predicted molar refractivity (Wildman–Crippen MR) is 152 cm³/mol. The maximum absolute atomic E-state index is 6.87. The summed E-state index contributed by atoms with van der Waals surface area (Å²) in [5, 5.41) is 3.44. The highest BCUT2D eigenvalue weighted by atomic mass is 16.3. The molecule has 0 N–H and O–H groups in total. The van der Waals surface area contributed by atoms with Gasteiger partial charge in [-0.25, -0.2) is 4.98 Å². The maximum Gasteiger partial charge on any atom is 0.161 e. The van der Waals surface area contributed by atoms with Gasteiger partial charge in [-0.05, 0) is 51.4 Å². The number of pyridine rings is 1. The molecule has 0 saturated heterocycles. The van der Waals surface area contributed by atoms with E-state index in [0.717, 1.165) is 44.6 Å². The van der Waals surface area contributed by atoms with Crippen molar-refractivity contribution in [3.63, 3.8) is 0 Å². The van der Waals surface area contributed by atoms with Crippen LogP contribution in [-0.2, 0) is 0 Å². The Balaban J connectivity index is 1.54. The van der Waals surface area contributed by atoms with Crippen LogP contribution in [0.3, 0.4) is 0 Å². The van der Waals surface area contributed by atoms with Crippen molar-refractivity contribution in [2.24, 2.45) is 0 Å². The summed E-state index contributed by atoms with van der Waals surface area (Å²) in [7, 11) is 0. The molecule has 2 nitrogen and oxygen atoms in total. The van der Waals surface area contributed by atoms with E-state index in [2.05, 4.69) is 109 Å². The zero-order valence-corrected chi connectivity index (χ0v) is 20.0. The Morgan fingerprint density at radius 1 is 0.486 bits per heavy atom. The molecular formula is C35H21NO. The molecule has 7 aromatic rings. The zero-order chi connectivity index (χ0) is 24.3. The molecule has 0 unspecified atom stereocenters. The van der Waals surface area contributed by atoms with Crippen LogP contribution in [0.5, 0.6) is 0 Å². The van der Waals surface area contributed by atoms with E-state index in [-0.39, 0.29) is 0 Å². The number of aromatic nitrogens is 1. The van der Waals surface area contributed by atoms with Gasteiger partial charge in [0.15, 0.2) is 5.76 Å². The topological polar surface area (TPSA) is 26.0 Å². The summed E-state index contributed by atoms with van der Waals surface area (Å²) in [6.07, 6.45) is 0. The standard InChI is InChI=1S/C35H21NO/c1-2-11-22(12-3-1)30-19-10-20-31(36-30)35-32-28-18-9-8-16-26(28)25-15-6-7-17-27(25)29-21-23-13-4-5-14-24(23)34(37-35)33(29)32/h1-21H. The molecule has 0 radical (unpaired) electrons. The fraction of sp³-hybridized carbons (Fsp3) is 0. The van der Waals surface area contributed by atoms with Crippen molar-refractivity contribution in [3.05, 3.63) is 127 Å². The molecule has 2 aromatic heterocycles. The van der Waals surface area contributed by atoms with Crippen molar-refractivity contribution in [2.45, 2.75) is 0 Å². The van der Waals surface area contributed by atoms with Crippen LogP contribution in [0, 0.1) is 0 Å². The Bertz CT molecular complexity index is 1980. The van der Waals surface area contributed by atoms with Gasteiger partial charge in [-0.1, -0.05) is 109 Å². The second kappa shape index (κ2) is 7.78. The van der Waals surface area contributed by atoms with E-state index in [9.17, 15) is 0 Å². The Labute approximate surface area is 214 Å². The number of hydrogen-bond acceptors (Lipinski definition) is 2. The molecule has 37 heavy (non-hydrogen) atoms. The summed E-state index contributed by atoms with van der Waals surface area (Å²) in [5.74, 6) is 0.811. The van der Waals surface area contributed by atoms with Crippen molar-refractivity contribution in [1.29, 1.82) is 0 Å². The lowest BCUT2D eigenvalue weighted by Crippen LogP contribution is -1.89. The van der Waals surface area contributed by atoms with E-state index in [1.807, 2.05) is 18.2 Å². The molecular weight excluding hydrogens is 450 g/mol. The average Bonchev–Trinajstić information content (AvgIpc) is 3.33. The third-order valence-corrected chi connectivity index (χ3v) is 7.44. The van der Waals surface area contributed by atoms with E-state index >= 15 is 0 Å². The van der Waals surface area contributed by atoms with Crippen LogP contribution in [0.15, 0.2) is 132 Å². The van der Waals surface area contributed by atoms with Gasteiger partial charge < -0.3 is 4.42 Å². The second-order valence-corrected chi connectivity index (χ2v) is 9.52. The Morgan fingerprint density at radius 2 is 1.11 bits per heavy atom. The fourth-order valence-electron chi connectivity index (χ4n) is 5.80. The minimum atomic E-state index is 0.811. The lowest BCUT2D eigenvalue weighted by molar-refractivity contribution is 0.633. The SMILES string of the molecule is c1ccc(-c2cccc(-c3oc4c5c(cc6ccccc64)-c4ccccc4-c4ccccc4-c35)n2)cc1. The Hall–Kier alpha value is -4.95. The van der Waals surface area contributed by atoms with Crippen molar-refractivity contribution in [3.8, 4) is 56.1 Å². The van der Waals surface area contributed by atoms with Crippen LogP contribution in [0.25, 0.3) is 77.8 Å². The highest BCUT2D eigenvalue weighted by molar-refractivity contribution is 6.22. The first-order valence-corrected chi connectivity index (χ1v) is 12.6. The summed E-state index contributed by atoms with van der Waals surface area (Å²) in [5.41, 5.74) is 10.9. The molecule has 172 valence electrons. The third kappa shape index (κ3) is 2.96. The molecule has 0 spiro atoms. The molecule has 2 heterocycles. The minimum Gasteiger partial charge on any atom is -0.453 e. The van der Waals surface area contributed by atoms with Crippen molar-refractivity contribution >= 4 is 21.7 Å². The monoisotopic (exact) mass is 471 g/mol. The molecule has 1 aliphatic carbocycles. The first-order chi connectivity index (χ1) is 18.4. The predicted octanol–water partition coefficient (Wildman–Crippen LogP) is 9.63. The van der Waals surface area contributed by atoms with E-state index in [1.165, 1.54) is 33.2 Å². The number of hydrogen-bond donors (Lipinski definition) is 0. The van der Waals surface area contributed by atoms with Crippen LogP contribution in [0.4, 0.5) is 0 Å². The number of rotatable bonds is 2. The zero-order valence-electron chi connectivity index (χ0n) is 20.0. The van der Waals surface area contributed by atoms with Gasteiger partial charge in [-0.15, -0.1) is 0 Å². The van der Waals surface area contributed by atoms with Crippen molar-refractivity contribution in [1.82, 2.24) is 4.98 Å². The Kier molecular flexibility index (Phi) is 4.26. The van der Waals surface area contributed by atoms with Gasteiger partial charge in [0.2, 0.25) is 0 Å². The largest absolute Gasteiger partial charge is 0.453 e. The first kappa shape index (κ1) is 20.3. The summed E-state index contributed by atoms with van der Waals surface area (Å²) in [6.45, 7) is 0. The molecule has 0 saturated carbocycles. The molecule has 8 rings (SSSR count). The summed E-state index contributed by atoms with van der Waals surface area (Å²) in [6, 6.07) is 44.7. The molecule has 1 aliphatic rings. The lowest BCUT2D eigenvalue weighted by atomic mass is 9.93. The normalized spacial score (nSPS) is 11.8. The van der Waals surface area contributed by atoms with Gasteiger partial charge >= 0.3 is 0 Å². The third-order valence-electron chi connectivity index (χ3n) is 7.44. The van der Waals surface area contributed by atoms with Gasteiger partial charge in [0.25, 0.3) is 0 Å². The van der Waals surface area contributed by atoms with Crippen LogP contribution in [-0.4, -0.2) is 4.98 Å². The van der Waals surface area contributed by atoms with E-state index < -0.39 is 0 Å². The second-order valence-electron chi connectivity index (χ2n) is 9.52. The summed E-state index contributed by atoms with van der Waals surface area (Å²) < 4.78 is 6.87. The van der Waals surface area contributed by atoms with Gasteiger partial charge in [0.1, 0.15) is 11.3 Å². The van der Waals surface area contributed by atoms with Crippen LogP contribution in [0.1, 0.15) is 0 Å². The number of furan rings is 1. The van der Waals surface area contributed by atoms with E-state index in [0.29, 0.717) is 0 Å². The molecule has 0 bridgehead atoms. The molecule has 0 atom stereocenters. The number of fused-ring (bicyclic) bond motifs is 7. The molecule has 2 heteroatoms. The van der Waals surface area contributed by atoms with Gasteiger partial charge in [-0.3, -0.25) is 0 Å². The van der Waals surface area contributed by atoms with Gasteiger partial charge in [-0.2, -0.15) is 0 Å². The summed E-state index contributed by atoms with van der Waals surface area (Å²) >= 11 is 0. The summed E-state index contributed by atoms with van der Waals surface area (Å²) in [4.78, 5) is 5.11. The smallest absolute Gasteiger partial charge is 0.161 e. The molecule has 0 amide bonds. The quantitative estimate of drug-likeness (QED) is 0.251. The van der Waals surface area contributed by atoms with Crippen LogP contribution in [0.2, 0.25) is 0 Å². The van der Waals surface area contributed by atoms with Crippen LogP contribution < -0.4 is 0 Å². The van der Waals surface area contributed by atoms with E-state index in [4.69, 9.17) is 9.40 Å². The first-order valence-electron chi connectivity index (χ1n) is 12.6. The number of nitrogens with zero attached hydrogens (tertiary/aromatic N) is 1. The van der Waals surface area contributed by atoms with Gasteiger partial charge in [0.05, 0.1) is 5.69 Å². The minimum absolute atomic E-state index is 0.811. The number of benzene rings is 5. The fourth-order valence-corrected chi connectivity index (χ4v) is 5.80.